The molecule has 2 aromatic rings. The van der Waals surface area contributed by atoms with Crippen molar-refractivity contribution in [2.24, 2.45) is 0 Å². The zero-order chi connectivity index (χ0) is 16.7. The van der Waals surface area contributed by atoms with Gasteiger partial charge in [0, 0.05) is 0 Å². The first kappa shape index (κ1) is 17.3. The van der Waals surface area contributed by atoms with Crippen molar-refractivity contribution in [3.63, 3.8) is 0 Å². The Morgan fingerprint density at radius 1 is 1.09 bits per heavy atom. The fourth-order valence-corrected chi connectivity index (χ4v) is 2.47. The topological polar surface area (TPSA) is 44.8 Å². The summed E-state index contributed by atoms with van der Waals surface area (Å²) in [5.74, 6) is 0.846. The summed E-state index contributed by atoms with van der Waals surface area (Å²) < 4.78 is 17.6. The normalized spacial score (nSPS) is 10.6. The van der Waals surface area contributed by atoms with Gasteiger partial charge in [-0.15, -0.1) is 0 Å². The standard InChI is InChI=1S/C18H17IO4/c1-21-15-8-6-13(7-9-15)12-23-18(20)17-14(10-11-19)4-3-5-16(17)22-2/h3-11H,12H2,1-2H3/b11-10+. The minimum absolute atomic E-state index is 0.189. The Bertz CT molecular complexity index is 693. The average molecular weight is 424 g/mol. The van der Waals surface area contributed by atoms with E-state index in [1.165, 1.54) is 7.11 Å². The van der Waals surface area contributed by atoms with Crippen LogP contribution >= 0.6 is 22.6 Å². The van der Waals surface area contributed by atoms with E-state index in [-0.39, 0.29) is 6.61 Å². The molecule has 0 amide bonds. The van der Waals surface area contributed by atoms with E-state index in [9.17, 15) is 4.79 Å². The van der Waals surface area contributed by atoms with Gasteiger partial charge in [-0.1, -0.05) is 46.9 Å². The van der Waals surface area contributed by atoms with Crippen molar-refractivity contribution in [3.05, 3.63) is 63.2 Å². The van der Waals surface area contributed by atoms with Gasteiger partial charge in [0.25, 0.3) is 0 Å². The summed E-state index contributed by atoms with van der Waals surface area (Å²) in [5.41, 5.74) is 2.08. The molecular formula is C18H17IO4. The van der Waals surface area contributed by atoms with E-state index in [0.717, 1.165) is 16.9 Å². The molecule has 120 valence electrons. The molecule has 0 unspecified atom stereocenters. The number of benzene rings is 2. The lowest BCUT2D eigenvalue weighted by atomic mass is 10.1. The molecule has 5 heteroatoms. The molecule has 0 atom stereocenters. The zero-order valence-electron chi connectivity index (χ0n) is 12.9. The summed E-state index contributed by atoms with van der Waals surface area (Å²) in [6, 6.07) is 12.8. The van der Waals surface area contributed by atoms with Gasteiger partial charge in [0.2, 0.25) is 0 Å². The predicted molar refractivity (Wildman–Crippen MR) is 98.2 cm³/mol. The van der Waals surface area contributed by atoms with Crippen molar-refractivity contribution in [2.45, 2.75) is 6.61 Å². The summed E-state index contributed by atoms with van der Waals surface area (Å²) in [6.45, 7) is 0.189. The summed E-state index contributed by atoms with van der Waals surface area (Å²) in [4.78, 5) is 12.5. The van der Waals surface area contributed by atoms with Crippen molar-refractivity contribution in [1.29, 1.82) is 0 Å². The molecule has 0 bridgehead atoms. The molecule has 0 spiro atoms. The maximum Gasteiger partial charge on any atom is 0.342 e. The Labute approximate surface area is 149 Å². The second kappa shape index (κ2) is 8.57. The number of hydrogen-bond acceptors (Lipinski definition) is 4. The molecule has 0 saturated heterocycles. The Morgan fingerprint density at radius 2 is 1.83 bits per heavy atom. The van der Waals surface area contributed by atoms with E-state index in [1.54, 1.807) is 13.2 Å². The lowest BCUT2D eigenvalue weighted by Crippen LogP contribution is -2.09. The van der Waals surface area contributed by atoms with Gasteiger partial charge in [-0.2, -0.15) is 0 Å². The lowest BCUT2D eigenvalue weighted by Gasteiger charge is -2.11. The van der Waals surface area contributed by atoms with Crippen molar-refractivity contribution in [3.8, 4) is 11.5 Å². The average Bonchev–Trinajstić information content (AvgIpc) is 2.60. The lowest BCUT2D eigenvalue weighted by molar-refractivity contribution is 0.0469. The SMILES string of the molecule is COc1ccc(COC(=O)c2c(/C=C/I)cccc2OC)cc1. The van der Waals surface area contributed by atoms with Crippen molar-refractivity contribution in [1.82, 2.24) is 0 Å². The minimum Gasteiger partial charge on any atom is -0.497 e. The highest BCUT2D eigenvalue weighted by Crippen LogP contribution is 2.25. The molecule has 0 saturated carbocycles. The van der Waals surface area contributed by atoms with Crippen LogP contribution in [-0.4, -0.2) is 20.2 Å². The quantitative estimate of drug-likeness (QED) is 0.507. The highest BCUT2D eigenvalue weighted by Gasteiger charge is 2.17. The van der Waals surface area contributed by atoms with Crippen LogP contribution in [0.4, 0.5) is 0 Å². The molecule has 0 aliphatic heterocycles. The van der Waals surface area contributed by atoms with Gasteiger partial charge in [0.05, 0.1) is 14.2 Å². The first-order chi connectivity index (χ1) is 11.2. The van der Waals surface area contributed by atoms with Crippen LogP contribution < -0.4 is 9.47 Å². The van der Waals surface area contributed by atoms with Crippen molar-refractivity contribution < 1.29 is 19.0 Å². The van der Waals surface area contributed by atoms with Gasteiger partial charge in [0.1, 0.15) is 23.7 Å². The van der Waals surface area contributed by atoms with Gasteiger partial charge < -0.3 is 14.2 Å². The third-order valence-corrected chi connectivity index (χ3v) is 3.61. The second-order valence-corrected chi connectivity index (χ2v) is 5.36. The molecule has 23 heavy (non-hydrogen) atoms. The first-order valence-corrected chi connectivity index (χ1v) is 8.18. The molecular weight excluding hydrogens is 407 g/mol. The van der Waals surface area contributed by atoms with Gasteiger partial charge in [-0.05, 0) is 39.5 Å². The van der Waals surface area contributed by atoms with Gasteiger partial charge in [-0.3, -0.25) is 0 Å². The minimum atomic E-state index is -0.414. The molecule has 0 aliphatic carbocycles. The molecule has 0 aliphatic rings. The van der Waals surface area contributed by atoms with Crippen LogP contribution in [0.5, 0.6) is 11.5 Å². The fraction of sp³-hybridized carbons (Fsp3) is 0.167. The Morgan fingerprint density at radius 3 is 2.43 bits per heavy atom. The Balaban J connectivity index is 2.16. The predicted octanol–water partition coefficient (Wildman–Crippen LogP) is 4.47. The first-order valence-electron chi connectivity index (χ1n) is 6.93. The number of methoxy groups -OCH3 is 2. The van der Waals surface area contributed by atoms with E-state index < -0.39 is 5.97 Å². The highest BCUT2D eigenvalue weighted by molar-refractivity contribution is 14.1. The smallest absolute Gasteiger partial charge is 0.342 e. The number of rotatable bonds is 6. The number of esters is 1. The van der Waals surface area contributed by atoms with Crippen LogP contribution in [0.25, 0.3) is 6.08 Å². The highest BCUT2D eigenvalue weighted by atomic mass is 127. The number of carbonyl (C=O) groups is 1. The second-order valence-electron chi connectivity index (χ2n) is 4.64. The largest absolute Gasteiger partial charge is 0.497 e. The third kappa shape index (κ3) is 4.48. The summed E-state index contributed by atoms with van der Waals surface area (Å²) in [6.07, 6.45) is 1.84. The molecule has 0 aromatic heterocycles. The summed E-state index contributed by atoms with van der Waals surface area (Å²) >= 11 is 2.11. The van der Waals surface area contributed by atoms with Crippen molar-refractivity contribution >= 4 is 34.6 Å². The summed E-state index contributed by atoms with van der Waals surface area (Å²) in [5, 5.41) is 0. The Hall–Kier alpha value is -2.02. The maximum atomic E-state index is 12.5. The van der Waals surface area contributed by atoms with Crippen LogP contribution in [-0.2, 0) is 11.3 Å². The molecule has 2 aromatic carbocycles. The number of halogens is 1. The van der Waals surface area contributed by atoms with E-state index in [1.807, 2.05) is 46.6 Å². The van der Waals surface area contributed by atoms with Crippen LogP contribution in [0.2, 0.25) is 0 Å². The molecule has 0 radical (unpaired) electrons. The third-order valence-electron chi connectivity index (χ3n) is 3.25. The van der Waals surface area contributed by atoms with E-state index in [4.69, 9.17) is 14.2 Å². The fourth-order valence-electron chi connectivity index (χ4n) is 2.09. The number of carbonyl (C=O) groups excluding carboxylic acids is 1. The molecule has 2 rings (SSSR count). The number of hydrogen-bond donors (Lipinski definition) is 0. The van der Waals surface area contributed by atoms with E-state index >= 15 is 0 Å². The Kier molecular flexibility index (Phi) is 6.46. The maximum absolute atomic E-state index is 12.5. The van der Waals surface area contributed by atoms with Crippen LogP contribution in [0.3, 0.4) is 0 Å². The van der Waals surface area contributed by atoms with E-state index in [2.05, 4.69) is 22.6 Å². The molecule has 4 nitrogen and oxygen atoms in total. The van der Waals surface area contributed by atoms with Crippen molar-refractivity contribution in [2.75, 3.05) is 14.2 Å². The van der Waals surface area contributed by atoms with E-state index in [0.29, 0.717) is 11.3 Å². The monoisotopic (exact) mass is 424 g/mol. The summed E-state index contributed by atoms with van der Waals surface area (Å²) in [7, 11) is 3.14. The van der Waals surface area contributed by atoms with Gasteiger partial charge in [0.15, 0.2) is 0 Å². The van der Waals surface area contributed by atoms with Gasteiger partial charge >= 0.3 is 5.97 Å². The molecule has 0 fully saturated rings. The van der Waals surface area contributed by atoms with Crippen LogP contribution in [0.15, 0.2) is 46.5 Å². The van der Waals surface area contributed by atoms with Gasteiger partial charge in [-0.25, -0.2) is 4.79 Å². The van der Waals surface area contributed by atoms with Crippen LogP contribution in [0.1, 0.15) is 21.5 Å². The molecule has 0 heterocycles. The zero-order valence-corrected chi connectivity index (χ0v) is 15.1. The molecule has 0 N–H and O–H groups in total. The van der Waals surface area contributed by atoms with Crippen LogP contribution in [0, 0.1) is 0 Å². The number of ether oxygens (including phenoxy) is 3.